The highest BCUT2D eigenvalue weighted by atomic mass is 32.2. The van der Waals surface area contributed by atoms with Gasteiger partial charge in [0.15, 0.2) is 0 Å². The number of anilines is 1. The molecule has 0 saturated heterocycles. The number of sulfonamides is 1. The first-order chi connectivity index (χ1) is 8.46. The Morgan fingerprint density at radius 1 is 1.39 bits per heavy atom. The summed E-state index contributed by atoms with van der Waals surface area (Å²) in [7, 11) is -3.23. The Hall–Kier alpha value is -1.27. The highest BCUT2D eigenvalue weighted by Crippen LogP contribution is 2.29. The predicted molar refractivity (Wildman–Crippen MR) is 70.8 cm³/mol. The number of hydrogen-bond acceptors (Lipinski definition) is 4. The summed E-state index contributed by atoms with van der Waals surface area (Å²) in [6.07, 6.45) is 0.929. The molecule has 18 heavy (non-hydrogen) atoms. The van der Waals surface area contributed by atoms with Gasteiger partial charge in [-0.1, -0.05) is 6.92 Å². The molecule has 1 aliphatic rings. The number of hydrogen-bond donors (Lipinski definition) is 2. The van der Waals surface area contributed by atoms with Crippen molar-refractivity contribution in [2.75, 3.05) is 18.1 Å². The highest BCUT2D eigenvalue weighted by molar-refractivity contribution is 7.89. The van der Waals surface area contributed by atoms with Crippen LogP contribution >= 0.6 is 0 Å². The fourth-order valence-corrected chi connectivity index (χ4v) is 2.82. The van der Waals surface area contributed by atoms with Crippen LogP contribution in [-0.4, -0.2) is 26.8 Å². The molecule has 0 radical (unpaired) electrons. The Morgan fingerprint density at radius 2 is 2.00 bits per heavy atom. The Kier molecular flexibility index (Phi) is 3.77. The largest absolute Gasteiger partial charge is 0.492 e. The fourth-order valence-electron chi connectivity index (χ4n) is 1.61. The van der Waals surface area contributed by atoms with Crippen molar-refractivity contribution >= 4 is 15.7 Å². The molecule has 0 aliphatic heterocycles. The van der Waals surface area contributed by atoms with Crippen molar-refractivity contribution in [1.82, 2.24) is 4.72 Å². The fraction of sp³-hybridized carbons (Fsp3) is 0.500. The first kappa shape index (κ1) is 13.2. The van der Waals surface area contributed by atoms with E-state index in [9.17, 15) is 8.42 Å². The van der Waals surface area contributed by atoms with Crippen LogP contribution in [0.3, 0.4) is 0 Å². The van der Waals surface area contributed by atoms with E-state index >= 15 is 0 Å². The first-order valence-corrected chi connectivity index (χ1v) is 7.60. The molecule has 0 amide bonds. The van der Waals surface area contributed by atoms with Crippen LogP contribution in [0.5, 0.6) is 5.75 Å². The van der Waals surface area contributed by atoms with E-state index in [4.69, 9.17) is 10.5 Å². The smallest absolute Gasteiger partial charge is 0.215 e. The van der Waals surface area contributed by atoms with Gasteiger partial charge in [-0.2, -0.15) is 0 Å². The maximum atomic E-state index is 11.7. The van der Waals surface area contributed by atoms with E-state index in [0.29, 0.717) is 17.4 Å². The van der Waals surface area contributed by atoms with Crippen molar-refractivity contribution in [2.24, 2.45) is 5.92 Å². The van der Waals surface area contributed by atoms with Crippen molar-refractivity contribution < 1.29 is 13.2 Å². The summed E-state index contributed by atoms with van der Waals surface area (Å²) in [5, 5.41) is 0. The van der Waals surface area contributed by atoms with Gasteiger partial charge in [0.1, 0.15) is 12.4 Å². The molecule has 1 aromatic carbocycles. The number of nitrogens with two attached hydrogens (primary N) is 1. The molecule has 2 atom stereocenters. The van der Waals surface area contributed by atoms with E-state index in [1.54, 1.807) is 24.3 Å². The molecule has 0 aromatic heterocycles. The lowest BCUT2D eigenvalue weighted by atomic mass is 10.3. The molecule has 6 heteroatoms. The molecule has 1 fully saturated rings. The minimum atomic E-state index is -3.23. The molecule has 0 heterocycles. The minimum absolute atomic E-state index is 0.0272. The van der Waals surface area contributed by atoms with E-state index in [-0.39, 0.29) is 18.4 Å². The first-order valence-electron chi connectivity index (χ1n) is 5.94. The highest BCUT2D eigenvalue weighted by Gasteiger charge is 2.35. The Labute approximate surface area is 107 Å². The Bertz CT molecular complexity index is 499. The molecule has 2 rings (SSSR count). The van der Waals surface area contributed by atoms with Crippen LogP contribution in [0, 0.1) is 5.92 Å². The van der Waals surface area contributed by atoms with E-state index in [1.807, 2.05) is 6.92 Å². The number of ether oxygens (including phenoxy) is 1. The Morgan fingerprint density at radius 3 is 2.56 bits per heavy atom. The van der Waals surface area contributed by atoms with Gasteiger partial charge in [-0.05, 0) is 36.6 Å². The third-order valence-corrected chi connectivity index (χ3v) is 4.31. The van der Waals surface area contributed by atoms with Gasteiger partial charge in [0.05, 0.1) is 5.75 Å². The third-order valence-electron chi connectivity index (χ3n) is 2.94. The maximum absolute atomic E-state index is 11.7. The monoisotopic (exact) mass is 270 g/mol. The molecule has 2 unspecified atom stereocenters. The van der Waals surface area contributed by atoms with Crippen molar-refractivity contribution in [2.45, 2.75) is 19.4 Å². The van der Waals surface area contributed by atoms with Crippen LogP contribution in [0.25, 0.3) is 0 Å². The van der Waals surface area contributed by atoms with Crippen molar-refractivity contribution in [3.8, 4) is 5.75 Å². The van der Waals surface area contributed by atoms with Crippen molar-refractivity contribution in [3.05, 3.63) is 24.3 Å². The van der Waals surface area contributed by atoms with E-state index in [1.165, 1.54) is 0 Å². The maximum Gasteiger partial charge on any atom is 0.215 e. The van der Waals surface area contributed by atoms with E-state index in [0.717, 1.165) is 6.42 Å². The van der Waals surface area contributed by atoms with Crippen molar-refractivity contribution in [3.63, 3.8) is 0 Å². The average molecular weight is 270 g/mol. The zero-order chi connectivity index (χ0) is 13.2. The lowest BCUT2D eigenvalue weighted by Crippen LogP contribution is -2.31. The van der Waals surface area contributed by atoms with Crippen LogP contribution in [-0.2, 0) is 10.0 Å². The SMILES string of the molecule is CC1CC1NS(=O)(=O)CCOc1ccc(N)cc1. The third kappa shape index (κ3) is 3.89. The Balaban J connectivity index is 1.76. The zero-order valence-corrected chi connectivity index (χ0v) is 11.1. The summed E-state index contributed by atoms with van der Waals surface area (Å²) >= 11 is 0. The topological polar surface area (TPSA) is 81.4 Å². The molecular weight excluding hydrogens is 252 g/mol. The summed E-state index contributed by atoms with van der Waals surface area (Å²) in [5.41, 5.74) is 6.19. The summed E-state index contributed by atoms with van der Waals surface area (Å²) in [5.74, 6) is 1.05. The number of nitrogen functional groups attached to an aromatic ring is 1. The predicted octanol–water partition coefficient (Wildman–Crippen LogP) is 0.975. The zero-order valence-electron chi connectivity index (χ0n) is 10.3. The number of nitrogens with one attached hydrogen (secondary N) is 1. The number of benzene rings is 1. The van der Waals surface area contributed by atoms with E-state index < -0.39 is 10.0 Å². The summed E-state index contributed by atoms with van der Waals surface area (Å²) in [6, 6.07) is 6.99. The van der Waals surface area contributed by atoms with Gasteiger partial charge in [0.2, 0.25) is 10.0 Å². The van der Waals surface area contributed by atoms with Crippen LogP contribution in [0.4, 0.5) is 5.69 Å². The average Bonchev–Trinajstić information content (AvgIpc) is 2.96. The summed E-state index contributed by atoms with van der Waals surface area (Å²) in [4.78, 5) is 0. The molecule has 0 bridgehead atoms. The lowest BCUT2D eigenvalue weighted by molar-refractivity contribution is 0.340. The van der Waals surface area contributed by atoms with Crippen LogP contribution in [0.2, 0.25) is 0 Å². The second kappa shape index (κ2) is 5.16. The second-order valence-electron chi connectivity index (χ2n) is 4.67. The van der Waals surface area contributed by atoms with E-state index in [2.05, 4.69) is 4.72 Å². The van der Waals surface area contributed by atoms with Gasteiger partial charge in [-0.3, -0.25) is 0 Å². The summed E-state index contributed by atoms with van der Waals surface area (Å²) < 4.78 is 31.3. The molecule has 3 N–H and O–H groups in total. The standard InChI is InChI=1S/C12H18N2O3S/c1-9-8-12(9)14-18(15,16)7-6-17-11-4-2-10(13)3-5-11/h2-5,9,12,14H,6-8,13H2,1H3. The molecule has 1 aliphatic carbocycles. The second-order valence-corrected chi connectivity index (χ2v) is 6.55. The van der Waals surface area contributed by atoms with Crippen LogP contribution < -0.4 is 15.2 Å². The van der Waals surface area contributed by atoms with Crippen LogP contribution in [0.1, 0.15) is 13.3 Å². The number of rotatable bonds is 6. The molecule has 100 valence electrons. The molecule has 5 nitrogen and oxygen atoms in total. The van der Waals surface area contributed by atoms with Gasteiger partial charge < -0.3 is 10.5 Å². The quantitative estimate of drug-likeness (QED) is 0.755. The minimum Gasteiger partial charge on any atom is -0.492 e. The molecule has 1 saturated carbocycles. The lowest BCUT2D eigenvalue weighted by Gasteiger charge is -2.08. The van der Waals surface area contributed by atoms with Crippen LogP contribution in [0.15, 0.2) is 24.3 Å². The normalized spacial score (nSPS) is 22.7. The van der Waals surface area contributed by atoms with Crippen molar-refractivity contribution in [1.29, 1.82) is 0 Å². The summed E-state index contributed by atoms with van der Waals surface area (Å²) in [6.45, 7) is 2.17. The van der Waals surface area contributed by atoms with Gasteiger partial charge in [-0.25, -0.2) is 13.1 Å². The molecule has 1 aromatic rings. The van der Waals surface area contributed by atoms with Gasteiger partial charge in [0.25, 0.3) is 0 Å². The van der Waals surface area contributed by atoms with Gasteiger partial charge >= 0.3 is 0 Å². The van der Waals surface area contributed by atoms with Gasteiger partial charge in [-0.15, -0.1) is 0 Å². The molecular formula is C12H18N2O3S. The molecule has 0 spiro atoms. The van der Waals surface area contributed by atoms with Gasteiger partial charge in [0, 0.05) is 11.7 Å².